The van der Waals surface area contributed by atoms with E-state index < -0.39 is 6.09 Å². The molecule has 0 unspecified atom stereocenters. The summed E-state index contributed by atoms with van der Waals surface area (Å²) in [5.41, 5.74) is 1.78. The highest BCUT2D eigenvalue weighted by atomic mass is 16.6. The molecule has 0 aliphatic rings. The molecule has 0 bridgehead atoms. The maximum Gasteiger partial charge on any atom is 0.418 e. The highest BCUT2D eigenvalue weighted by Crippen LogP contribution is 2.20. The number of hydrogen-bond donors (Lipinski definition) is 1. The highest BCUT2D eigenvalue weighted by molar-refractivity contribution is 5.83. The SMILES string of the molecule is CN(C)C[C@@H](OC(=O)n1cc2cn[nH]c2c1)c1ccccc1. The molecule has 0 fully saturated rings. The second-order valence-corrected chi connectivity index (χ2v) is 5.45. The van der Waals surface area contributed by atoms with Gasteiger partial charge < -0.3 is 9.64 Å². The molecule has 1 aromatic carbocycles. The van der Waals surface area contributed by atoms with Gasteiger partial charge in [0.05, 0.1) is 11.7 Å². The van der Waals surface area contributed by atoms with Crippen molar-refractivity contribution in [1.82, 2.24) is 19.7 Å². The van der Waals surface area contributed by atoms with Crippen molar-refractivity contribution in [1.29, 1.82) is 0 Å². The number of nitrogens with one attached hydrogen (secondary N) is 1. The first kappa shape index (κ1) is 14.3. The van der Waals surface area contributed by atoms with E-state index in [1.54, 1.807) is 18.6 Å². The Hall–Kier alpha value is -2.60. The number of likely N-dealkylation sites (N-methyl/N-ethyl adjacent to an activating group) is 1. The molecule has 6 heteroatoms. The molecule has 6 nitrogen and oxygen atoms in total. The Bertz CT molecular complexity index is 732. The van der Waals surface area contributed by atoms with E-state index >= 15 is 0 Å². The first-order valence-electron chi connectivity index (χ1n) is 7.05. The van der Waals surface area contributed by atoms with Crippen LogP contribution in [0.15, 0.2) is 48.9 Å². The van der Waals surface area contributed by atoms with Crippen LogP contribution in [0.2, 0.25) is 0 Å². The van der Waals surface area contributed by atoms with Crippen LogP contribution >= 0.6 is 0 Å². The Morgan fingerprint density at radius 2 is 2.09 bits per heavy atom. The van der Waals surface area contributed by atoms with E-state index in [9.17, 15) is 4.79 Å². The van der Waals surface area contributed by atoms with E-state index in [0.29, 0.717) is 6.54 Å². The van der Waals surface area contributed by atoms with E-state index in [-0.39, 0.29) is 6.10 Å². The summed E-state index contributed by atoms with van der Waals surface area (Å²) in [5.74, 6) is 0. The van der Waals surface area contributed by atoms with Crippen molar-refractivity contribution in [3.63, 3.8) is 0 Å². The fourth-order valence-electron chi connectivity index (χ4n) is 2.34. The van der Waals surface area contributed by atoms with Crippen LogP contribution in [0.25, 0.3) is 10.9 Å². The predicted octanol–water partition coefficient (Wildman–Crippen LogP) is 2.65. The standard InChI is InChI=1S/C16H18N4O2/c1-19(2)11-15(12-6-4-3-5-7-12)22-16(21)20-9-13-8-17-18-14(13)10-20/h3-10,15,18H,11H2,1-2H3/t15-/m1/s1. The summed E-state index contributed by atoms with van der Waals surface area (Å²) in [7, 11) is 3.91. The normalized spacial score (nSPS) is 12.7. The number of ether oxygens (including phenoxy) is 1. The lowest BCUT2D eigenvalue weighted by Gasteiger charge is -2.21. The molecule has 1 N–H and O–H groups in total. The molecule has 0 amide bonds. The number of nitrogens with zero attached hydrogens (tertiary/aromatic N) is 3. The topological polar surface area (TPSA) is 63.1 Å². The number of carbonyl (C=O) groups excluding carboxylic acids is 1. The van der Waals surface area contributed by atoms with E-state index in [0.717, 1.165) is 16.5 Å². The average molecular weight is 298 g/mol. The van der Waals surface area contributed by atoms with Gasteiger partial charge in [0.25, 0.3) is 0 Å². The number of H-pyrrole nitrogens is 1. The number of fused-ring (bicyclic) bond motifs is 1. The first-order valence-corrected chi connectivity index (χ1v) is 7.05. The fraction of sp³-hybridized carbons (Fsp3) is 0.250. The van der Waals surface area contributed by atoms with Crippen LogP contribution in [-0.2, 0) is 4.74 Å². The van der Waals surface area contributed by atoms with E-state index in [1.807, 2.05) is 49.3 Å². The van der Waals surface area contributed by atoms with Gasteiger partial charge in [0.2, 0.25) is 0 Å². The Morgan fingerprint density at radius 1 is 1.32 bits per heavy atom. The molecule has 22 heavy (non-hydrogen) atoms. The van der Waals surface area contributed by atoms with Gasteiger partial charge in [0.1, 0.15) is 6.10 Å². The monoisotopic (exact) mass is 298 g/mol. The quantitative estimate of drug-likeness (QED) is 0.804. The molecule has 0 aliphatic heterocycles. The van der Waals surface area contributed by atoms with Crippen molar-refractivity contribution in [3.05, 3.63) is 54.5 Å². The summed E-state index contributed by atoms with van der Waals surface area (Å²) in [6.07, 6.45) is 4.34. The average Bonchev–Trinajstić information content (AvgIpc) is 3.08. The van der Waals surface area contributed by atoms with E-state index in [2.05, 4.69) is 10.2 Å². The van der Waals surface area contributed by atoms with Crippen molar-refractivity contribution in [3.8, 4) is 0 Å². The Balaban J connectivity index is 1.80. The molecule has 0 aliphatic carbocycles. The number of carbonyl (C=O) groups is 1. The summed E-state index contributed by atoms with van der Waals surface area (Å²) < 4.78 is 7.12. The first-order chi connectivity index (χ1) is 10.6. The summed E-state index contributed by atoms with van der Waals surface area (Å²) in [6, 6.07) is 9.75. The number of hydrogen-bond acceptors (Lipinski definition) is 4. The van der Waals surface area contributed by atoms with Crippen molar-refractivity contribution in [2.45, 2.75) is 6.10 Å². The molecule has 114 valence electrons. The zero-order valence-electron chi connectivity index (χ0n) is 12.6. The maximum absolute atomic E-state index is 12.4. The van der Waals surface area contributed by atoms with Crippen LogP contribution < -0.4 is 0 Å². The van der Waals surface area contributed by atoms with E-state index in [4.69, 9.17) is 4.74 Å². The van der Waals surface area contributed by atoms with Crippen molar-refractivity contribution in [2.75, 3.05) is 20.6 Å². The van der Waals surface area contributed by atoms with Gasteiger partial charge >= 0.3 is 6.09 Å². The van der Waals surface area contributed by atoms with Gasteiger partial charge in [-0.1, -0.05) is 30.3 Å². The largest absolute Gasteiger partial charge is 0.439 e. The molecule has 2 heterocycles. The van der Waals surface area contributed by atoms with Crippen LogP contribution in [0.5, 0.6) is 0 Å². The minimum absolute atomic E-state index is 0.317. The number of aromatic nitrogens is 3. The third-order valence-electron chi connectivity index (χ3n) is 3.40. The van der Waals surface area contributed by atoms with Crippen molar-refractivity contribution in [2.24, 2.45) is 0 Å². The Morgan fingerprint density at radius 3 is 2.77 bits per heavy atom. The minimum Gasteiger partial charge on any atom is -0.439 e. The predicted molar refractivity (Wildman–Crippen MR) is 83.7 cm³/mol. The van der Waals surface area contributed by atoms with Crippen molar-refractivity contribution < 1.29 is 9.53 Å². The lowest BCUT2D eigenvalue weighted by Crippen LogP contribution is -2.25. The zero-order chi connectivity index (χ0) is 15.5. The molecule has 3 aromatic rings. The second-order valence-electron chi connectivity index (χ2n) is 5.45. The van der Waals surface area contributed by atoms with Gasteiger partial charge in [-0.05, 0) is 19.7 Å². The molecular weight excluding hydrogens is 280 g/mol. The third-order valence-corrected chi connectivity index (χ3v) is 3.40. The van der Waals surface area contributed by atoms with Gasteiger partial charge in [0.15, 0.2) is 0 Å². The summed E-state index contributed by atoms with van der Waals surface area (Å²) in [4.78, 5) is 14.4. The molecule has 0 saturated heterocycles. The van der Waals surface area contributed by atoms with Gasteiger partial charge in [-0.15, -0.1) is 0 Å². The van der Waals surface area contributed by atoms with E-state index in [1.165, 1.54) is 4.57 Å². The van der Waals surface area contributed by atoms with Crippen LogP contribution in [-0.4, -0.2) is 46.4 Å². The molecular formula is C16H18N4O2. The zero-order valence-corrected chi connectivity index (χ0v) is 12.6. The Kier molecular flexibility index (Phi) is 3.93. The fourth-order valence-corrected chi connectivity index (χ4v) is 2.34. The molecule has 0 saturated carbocycles. The summed E-state index contributed by atoms with van der Waals surface area (Å²) >= 11 is 0. The van der Waals surface area contributed by atoms with Crippen LogP contribution in [0, 0.1) is 0 Å². The highest BCUT2D eigenvalue weighted by Gasteiger charge is 2.19. The maximum atomic E-state index is 12.4. The number of rotatable bonds is 4. The lowest BCUT2D eigenvalue weighted by molar-refractivity contribution is 0.0819. The lowest BCUT2D eigenvalue weighted by atomic mass is 10.1. The van der Waals surface area contributed by atoms with Gasteiger partial charge in [-0.2, -0.15) is 5.10 Å². The van der Waals surface area contributed by atoms with Gasteiger partial charge in [0, 0.05) is 24.3 Å². The minimum atomic E-state index is -0.402. The molecule has 0 spiro atoms. The smallest absolute Gasteiger partial charge is 0.418 e. The number of aromatic amines is 1. The van der Waals surface area contributed by atoms with Gasteiger partial charge in [-0.25, -0.2) is 4.79 Å². The van der Waals surface area contributed by atoms with Crippen molar-refractivity contribution >= 4 is 17.0 Å². The molecule has 3 rings (SSSR count). The molecule has 0 radical (unpaired) electrons. The molecule has 1 atom stereocenters. The second kappa shape index (κ2) is 6.03. The van der Waals surface area contributed by atoms with Crippen LogP contribution in [0.3, 0.4) is 0 Å². The van der Waals surface area contributed by atoms with Gasteiger partial charge in [-0.3, -0.25) is 9.67 Å². The summed E-state index contributed by atoms with van der Waals surface area (Å²) in [6.45, 7) is 0.621. The Labute approximate surface area is 128 Å². The summed E-state index contributed by atoms with van der Waals surface area (Å²) in [5, 5.41) is 7.61. The molecule has 2 aromatic heterocycles. The number of benzene rings is 1. The van der Waals surface area contributed by atoms with Crippen LogP contribution in [0.4, 0.5) is 4.79 Å². The van der Waals surface area contributed by atoms with Crippen LogP contribution in [0.1, 0.15) is 11.7 Å². The third kappa shape index (κ3) is 3.01.